The summed E-state index contributed by atoms with van der Waals surface area (Å²) in [6.07, 6.45) is 0.848. The van der Waals surface area contributed by atoms with E-state index in [1.807, 2.05) is 0 Å². The van der Waals surface area contributed by atoms with Crippen molar-refractivity contribution in [1.29, 1.82) is 1.12 Å². The molecular weight excluding hydrogens is 186 g/mol. The van der Waals surface area contributed by atoms with Gasteiger partial charge in [0.2, 0.25) is 0 Å². The molecule has 0 heterocycles. The molecule has 0 bridgehead atoms. The molecule has 4 heavy (non-hydrogen) atoms. The summed E-state index contributed by atoms with van der Waals surface area (Å²) < 4.78 is 6.54. The predicted octanol–water partition coefficient (Wildman–Crippen LogP) is 0.328. The van der Waals surface area contributed by atoms with E-state index in [2.05, 4.69) is 0 Å². The molecule has 0 aliphatic rings. The number of halogens is 1. The van der Waals surface area contributed by atoms with Gasteiger partial charge in [0.25, 0.3) is 0 Å². The van der Waals surface area contributed by atoms with Crippen LogP contribution in [0.4, 0.5) is 0 Å². The average Bonchev–Trinajstić information content (AvgIpc) is 1.38. The Labute approximate surface area is 42.2 Å². The van der Waals surface area contributed by atoms with Crippen LogP contribution in [0.2, 0.25) is 0 Å². The molecule has 0 aromatic rings. The van der Waals surface area contributed by atoms with Gasteiger partial charge in [-0.1, -0.05) is 0 Å². The van der Waals surface area contributed by atoms with E-state index in [-0.39, 0.29) is 0 Å². The van der Waals surface area contributed by atoms with Gasteiger partial charge in [-0.2, -0.15) is 0 Å². The molecule has 1 atom stereocenters. The Bertz CT molecular complexity index is 49.6. The van der Waals surface area contributed by atoms with Crippen LogP contribution in [0.15, 0.2) is 0 Å². The van der Waals surface area contributed by atoms with Crippen LogP contribution in [0.25, 0.3) is 0 Å². The molecule has 0 aliphatic heterocycles. The Hall–Kier alpha value is 1.10. The van der Waals surface area contributed by atoms with Crippen LogP contribution in [0.1, 0.15) is 0 Å². The van der Waals surface area contributed by atoms with Gasteiger partial charge < -0.3 is 0 Å². The zero-order chi connectivity index (χ0) is 4.28. The van der Waals surface area contributed by atoms with Crippen molar-refractivity contribution >= 4 is 35.8 Å². The van der Waals surface area contributed by atoms with Crippen LogP contribution in [0.3, 0.4) is 0 Å². The van der Waals surface area contributed by atoms with Gasteiger partial charge in [-0.15, -0.1) is 0 Å². The third kappa shape index (κ3) is 3.10. The molecule has 24 valence electrons. The van der Waals surface area contributed by atoms with Crippen LogP contribution in [-0.4, -0.2) is 12.5 Å². The SMILES string of the molecule is [2H]S(I)=BO. The summed E-state index contributed by atoms with van der Waals surface area (Å²) in [5, 5.41) is 7.84. The van der Waals surface area contributed by atoms with E-state index < -0.39 is 8.26 Å². The van der Waals surface area contributed by atoms with Crippen molar-refractivity contribution in [2.24, 2.45) is 0 Å². The second-order valence-corrected chi connectivity index (χ2v) is 2.11. The van der Waals surface area contributed by atoms with Crippen LogP contribution < -0.4 is 0 Å². The van der Waals surface area contributed by atoms with Gasteiger partial charge in [-0.25, -0.2) is 0 Å². The number of hydrogen-bond donors (Lipinski definition) is 2. The summed E-state index contributed by atoms with van der Waals surface area (Å²) >= 11 is 1.80. The fourth-order valence-electron chi connectivity index (χ4n) is 0. The Morgan fingerprint density at radius 2 is 2.75 bits per heavy atom. The predicted molar refractivity (Wildman–Crippen MR) is 31.0 cm³/mol. The quantitative estimate of drug-likeness (QED) is 0.319. The third-order valence-electron chi connectivity index (χ3n) is 0.0398. The summed E-state index contributed by atoms with van der Waals surface area (Å²) in [5.74, 6) is 0. The molecule has 4 heteroatoms. The molecule has 1 nitrogen and oxygen atoms in total. The first-order valence-corrected chi connectivity index (χ1v) is 4.07. The van der Waals surface area contributed by atoms with Crippen molar-refractivity contribution in [3.05, 3.63) is 0 Å². The van der Waals surface area contributed by atoms with E-state index >= 15 is 0 Å². The van der Waals surface area contributed by atoms with Crippen LogP contribution in [-0.2, 0) is 0 Å². The molecule has 0 fully saturated rings. The first kappa shape index (κ1) is 3.30. The maximum absolute atomic E-state index is 7.84. The van der Waals surface area contributed by atoms with Crippen LogP contribution in [0.5, 0.6) is 0 Å². The van der Waals surface area contributed by atoms with Gasteiger partial charge in [0.15, 0.2) is 0 Å². The summed E-state index contributed by atoms with van der Waals surface area (Å²) in [7, 11) is -0.672. The van der Waals surface area contributed by atoms with Crippen LogP contribution >= 0.6 is 29.5 Å². The van der Waals surface area contributed by atoms with Gasteiger partial charge >= 0.3 is 42.0 Å². The zero-order valence-electron chi connectivity index (χ0n) is 2.81. The van der Waals surface area contributed by atoms with Gasteiger partial charge in [0.1, 0.15) is 0 Å². The molecule has 0 aromatic carbocycles. The van der Waals surface area contributed by atoms with Gasteiger partial charge in [0, 0.05) is 0 Å². The Kier molecular flexibility index (Phi) is 3.39. The van der Waals surface area contributed by atoms with Crippen LogP contribution in [0, 0.1) is 0 Å². The number of hydrogen-bond acceptors (Lipinski definition) is 0. The van der Waals surface area contributed by atoms with Crippen molar-refractivity contribution in [1.82, 2.24) is 0 Å². The first-order valence-electron chi connectivity index (χ1n) is 1.06. The molecule has 0 aliphatic carbocycles. The molecule has 0 amide bonds. The van der Waals surface area contributed by atoms with E-state index in [0.717, 1.165) is 6.36 Å². The number of rotatable bonds is 0. The fourth-order valence-corrected chi connectivity index (χ4v) is 0. The normalized spacial score (nSPS) is 18.0. The Balaban J connectivity index is 3.14. The molecular formula is H2BIOS. The summed E-state index contributed by atoms with van der Waals surface area (Å²) in [6, 6.07) is 0. The summed E-state index contributed by atoms with van der Waals surface area (Å²) in [5.41, 5.74) is 0. The van der Waals surface area contributed by atoms with E-state index in [0.29, 0.717) is 0 Å². The molecule has 0 rings (SSSR count). The fraction of sp³-hybridized carbons (Fsp3) is 0. The molecule has 1 N–H and O–H groups in total. The summed E-state index contributed by atoms with van der Waals surface area (Å²) in [4.78, 5) is 0. The Morgan fingerprint density at radius 3 is 2.75 bits per heavy atom. The molecule has 0 saturated heterocycles. The van der Waals surface area contributed by atoms with Gasteiger partial charge in [0.05, 0.1) is 0 Å². The first-order chi connectivity index (χ1) is 2.27. The average molecular weight is 189 g/mol. The summed E-state index contributed by atoms with van der Waals surface area (Å²) in [6.45, 7) is 0. The molecule has 0 saturated carbocycles. The molecule has 0 aromatic heterocycles. The maximum atomic E-state index is 7.84. The van der Waals surface area contributed by atoms with Crippen molar-refractivity contribution in [2.75, 3.05) is 0 Å². The molecule has 0 spiro atoms. The van der Waals surface area contributed by atoms with Gasteiger partial charge in [-0.05, 0) is 0 Å². The van der Waals surface area contributed by atoms with E-state index in [1.54, 1.807) is 21.2 Å². The van der Waals surface area contributed by atoms with Gasteiger partial charge in [-0.3, -0.25) is 0 Å². The standard InChI is InChI=1S/BH2IOS/c2-4-1-3/h3-4H/i4D. The van der Waals surface area contributed by atoms with Crippen molar-refractivity contribution in [3.63, 3.8) is 0 Å². The second kappa shape index (κ2) is 4.10. The topological polar surface area (TPSA) is 20.2 Å². The van der Waals surface area contributed by atoms with Crippen molar-refractivity contribution < 1.29 is 5.02 Å². The number of thiol groups is 1. The molecule has 1 unspecified atom stereocenters. The van der Waals surface area contributed by atoms with E-state index in [9.17, 15) is 0 Å². The van der Waals surface area contributed by atoms with Crippen molar-refractivity contribution in [3.8, 4) is 0 Å². The minimum atomic E-state index is -0.672. The third-order valence-corrected chi connectivity index (χ3v) is 0.802. The van der Waals surface area contributed by atoms with Crippen molar-refractivity contribution in [2.45, 2.75) is 0 Å². The molecule has 0 radical (unpaired) electrons. The second-order valence-electron chi connectivity index (χ2n) is 0.194. The zero-order valence-corrected chi connectivity index (χ0v) is 4.78. The Morgan fingerprint density at radius 1 is 2.50 bits per heavy atom. The monoisotopic (exact) mass is 189 g/mol. The minimum absolute atomic E-state index is 0.672. The van der Waals surface area contributed by atoms with E-state index in [1.165, 1.54) is 0 Å². The van der Waals surface area contributed by atoms with E-state index in [4.69, 9.17) is 6.15 Å².